The van der Waals surface area contributed by atoms with E-state index >= 15 is 8.78 Å². The van der Waals surface area contributed by atoms with E-state index in [0.29, 0.717) is 50.0 Å². The molecule has 4 aliphatic rings. The fraction of sp³-hybridized carbons (Fsp3) is 0.583. The summed E-state index contributed by atoms with van der Waals surface area (Å²) < 4.78 is 33.6. The number of piperidine rings is 2. The van der Waals surface area contributed by atoms with Crippen molar-refractivity contribution in [3.05, 3.63) is 75.9 Å². The Balaban J connectivity index is 1.38. The number of aryl methyl sites for hydroxylation is 1. The Labute approximate surface area is 265 Å². The number of nitrogens with zero attached hydrogens (tertiary/aromatic N) is 5. The fourth-order valence-electron chi connectivity index (χ4n) is 7.44. The van der Waals surface area contributed by atoms with Gasteiger partial charge < -0.3 is 10.2 Å². The summed E-state index contributed by atoms with van der Waals surface area (Å²) in [4.78, 5) is 28.1. The molecular weight excluding hydrogens is 570 g/mol. The van der Waals surface area contributed by atoms with Crippen molar-refractivity contribution in [2.45, 2.75) is 96.2 Å². The van der Waals surface area contributed by atoms with E-state index in [0.717, 1.165) is 68.3 Å². The Morgan fingerprint density at radius 1 is 0.956 bits per heavy atom. The van der Waals surface area contributed by atoms with E-state index in [1.54, 1.807) is 18.2 Å². The average Bonchev–Trinajstić information content (AvgIpc) is 3.05. The van der Waals surface area contributed by atoms with E-state index < -0.39 is 11.8 Å². The van der Waals surface area contributed by atoms with Crippen molar-refractivity contribution in [2.75, 3.05) is 38.0 Å². The van der Waals surface area contributed by atoms with Crippen LogP contribution in [0.5, 0.6) is 0 Å². The summed E-state index contributed by atoms with van der Waals surface area (Å²) in [6, 6.07) is 9.08. The van der Waals surface area contributed by atoms with Gasteiger partial charge in [-0.2, -0.15) is 0 Å². The number of aromatic nitrogens is 3. The molecule has 2 saturated heterocycles. The molecule has 3 aromatic rings. The normalized spacial score (nSPS) is 26.0. The van der Waals surface area contributed by atoms with Crippen LogP contribution in [0.3, 0.4) is 0 Å². The molecule has 4 aliphatic heterocycles. The van der Waals surface area contributed by atoms with Gasteiger partial charge in [-0.3, -0.25) is 14.3 Å². The fourth-order valence-corrected chi connectivity index (χ4v) is 7.44. The van der Waals surface area contributed by atoms with Crippen molar-refractivity contribution < 1.29 is 8.78 Å². The molecule has 1 aromatic carbocycles. The van der Waals surface area contributed by atoms with Crippen molar-refractivity contribution >= 4 is 16.9 Å². The predicted molar refractivity (Wildman–Crippen MR) is 177 cm³/mol. The molecular formula is C36H48F2N6O. The van der Waals surface area contributed by atoms with E-state index in [2.05, 4.69) is 51.1 Å². The van der Waals surface area contributed by atoms with Crippen molar-refractivity contribution in [1.82, 2.24) is 24.3 Å². The van der Waals surface area contributed by atoms with Gasteiger partial charge in [0.1, 0.15) is 17.8 Å². The largest absolute Gasteiger partial charge is 0.363 e. The lowest BCUT2D eigenvalue weighted by Gasteiger charge is -2.35. The number of benzene rings is 1. The first-order chi connectivity index (χ1) is 21.7. The summed E-state index contributed by atoms with van der Waals surface area (Å²) in [5.74, 6) is -2.76. The number of hydrogen-bond donors (Lipinski definition) is 1. The molecule has 0 unspecified atom stereocenters. The Morgan fingerprint density at radius 2 is 1.73 bits per heavy atom. The maximum atomic E-state index is 15.9. The predicted octanol–water partition coefficient (Wildman–Crippen LogP) is 7.10. The third-order valence-electron chi connectivity index (χ3n) is 10.4. The number of allylic oxidation sites excluding steroid dienone is 1. The highest BCUT2D eigenvalue weighted by Crippen LogP contribution is 2.42. The second kappa shape index (κ2) is 13.7. The molecule has 7 rings (SSSR count). The molecule has 45 heavy (non-hydrogen) atoms. The first-order valence-electron chi connectivity index (χ1n) is 17.0. The molecule has 2 aromatic heterocycles. The minimum absolute atomic E-state index is 0.0515. The standard InChI is InChI=1S/C36H48F2N6O/c1-25(2)43-20-12-27(13-21-43)31-23-32-33-39-24-40-34(32)44(35(31)45)17-8-6-4-5-7-16-42-18-14-29(15-19-42)36(37,38)30-11-9-10-28(22-30)26(3)41-33/h5,7,9-11,22-27,29H,4,6,8,12-21H2,1-3H3,(H,39,40,41)/b7-5+/t26-/m1/s1. The average molecular weight is 619 g/mol. The quantitative estimate of drug-likeness (QED) is 0.309. The van der Waals surface area contributed by atoms with E-state index in [9.17, 15) is 4.79 Å². The first kappa shape index (κ1) is 31.8. The number of hydrogen-bond acceptors (Lipinski definition) is 6. The molecule has 0 spiro atoms. The van der Waals surface area contributed by atoms with Gasteiger partial charge in [0.25, 0.3) is 11.5 Å². The number of fused-ring (bicyclic) bond motifs is 8. The van der Waals surface area contributed by atoms with Gasteiger partial charge in [-0.05, 0) is 116 Å². The third-order valence-corrected chi connectivity index (χ3v) is 10.4. The van der Waals surface area contributed by atoms with Crippen LogP contribution >= 0.6 is 0 Å². The highest BCUT2D eigenvalue weighted by atomic mass is 19.3. The summed E-state index contributed by atoms with van der Waals surface area (Å²) in [7, 11) is 0. The molecule has 0 radical (unpaired) electrons. The molecule has 8 bridgehead atoms. The van der Waals surface area contributed by atoms with Crippen LogP contribution in [-0.2, 0) is 12.5 Å². The smallest absolute Gasteiger partial charge is 0.276 e. The molecule has 1 N–H and O–H groups in total. The summed E-state index contributed by atoms with van der Waals surface area (Å²) in [6.07, 6.45) is 11.5. The minimum atomic E-state index is -2.89. The minimum Gasteiger partial charge on any atom is -0.363 e. The SMILES string of the molecule is CC(C)N1CCC(c2cc3c4ncnc3n(c2=O)CCCC/C=C/CN2CCC(CC2)C(F)(F)c2cccc(c2)[C@@H](C)N4)CC1. The Morgan fingerprint density at radius 3 is 2.49 bits per heavy atom. The lowest BCUT2D eigenvalue weighted by molar-refractivity contribution is -0.0847. The van der Waals surface area contributed by atoms with Crippen molar-refractivity contribution in [3.63, 3.8) is 0 Å². The summed E-state index contributed by atoms with van der Waals surface area (Å²) in [5.41, 5.74) is 2.37. The number of pyridine rings is 1. The zero-order valence-corrected chi connectivity index (χ0v) is 27.0. The van der Waals surface area contributed by atoms with Crippen molar-refractivity contribution in [3.8, 4) is 0 Å². The second-order valence-electron chi connectivity index (χ2n) is 13.6. The maximum absolute atomic E-state index is 15.9. The molecule has 0 saturated carbocycles. The van der Waals surface area contributed by atoms with Crippen LogP contribution in [0.1, 0.15) is 94.4 Å². The van der Waals surface area contributed by atoms with Gasteiger partial charge in [0.15, 0.2) is 0 Å². The molecule has 2 fully saturated rings. The number of likely N-dealkylation sites (tertiary alicyclic amines) is 1. The van der Waals surface area contributed by atoms with Gasteiger partial charge in [-0.25, -0.2) is 18.7 Å². The molecule has 7 nitrogen and oxygen atoms in total. The highest BCUT2D eigenvalue weighted by molar-refractivity contribution is 5.87. The lowest BCUT2D eigenvalue weighted by Crippen LogP contribution is -2.39. The van der Waals surface area contributed by atoms with E-state index in [-0.39, 0.29) is 23.1 Å². The molecule has 0 amide bonds. The third kappa shape index (κ3) is 6.85. The molecule has 6 heterocycles. The Bertz CT molecular complexity index is 1550. The van der Waals surface area contributed by atoms with Crippen molar-refractivity contribution in [2.24, 2.45) is 5.92 Å². The van der Waals surface area contributed by atoms with Crippen molar-refractivity contribution in [1.29, 1.82) is 0 Å². The molecule has 9 heteroatoms. The van der Waals surface area contributed by atoms with Gasteiger partial charge in [0.05, 0.1) is 5.39 Å². The molecule has 0 aliphatic carbocycles. The van der Waals surface area contributed by atoms with Crippen LogP contribution in [0.4, 0.5) is 14.6 Å². The topological polar surface area (TPSA) is 66.3 Å². The number of rotatable bonds is 2. The van der Waals surface area contributed by atoms with E-state index in [1.807, 2.05) is 23.6 Å². The summed E-state index contributed by atoms with van der Waals surface area (Å²) in [5, 5.41) is 4.32. The van der Waals surface area contributed by atoms with Crippen LogP contribution in [0, 0.1) is 5.92 Å². The summed E-state index contributed by atoms with van der Waals surface area (Å²) >= 11 is 0. The van der Waals surface area contributed by atoms with Gasteiger partial charge >= 0.3 is 0 Å². The Kier molecular flexibility index (Phi) is 9.66. The number of nitrogens with one attached hydrogen (secondary N) is 1. The van der Waals surface area contributed by atoms with Crippen LogP contribution < -0.4 is 10.9 Å². The monoisotopic (exact) mass is 618 g/mol. The van der Waals surface area contributed by atoms with Crippen LogP contribution in [0.15, 0.2) is 53.6 Å². The van der Waals surface area contributed by atoms with Gasteiger partial charge in [-0.1, -0.05) is 30.4 Å². The van der Waals surface area contributed by atoms with Crippen LogP contribution in [0.2, 0.25) is 0 Å². The number of alkyl halides is 2. The highest BCUT2D eigenvalue weighted by Gasteiger charge is 2.42. The number of anilines is 1. The van der Waals surface area contributed by atoms with Gasteiger partial charge in [-0.15, -0.1) is 0 Å². The van der Waals surface area contributed by atoms with E-state index in [4.69, 9.17) is 0 Å². The van der Waals surface area contributed by atoms with Gasteiger partial charge in [0, 0.05) is 42.2 Å². The van der Waals surface area contributed by atoms with Crippen LogP contribution in [-0.4, -0.2) is 63.1 Å². The zero-order chi connectivity index (χ0) is 31.6. The lowest BCUT2D eigenvalue weighted by atomic mass is 9.85. The van der Waals surface area contributed by atoms with Gasteiger partial charge in [0.2, 0.25) is 0 Å². The maximum Gasteiger partial charge on any atom is 0.276 e. The van der Waals surface area contributed by atoms with Crippen LogP contribution in [0.25, 0.3) is 11.0 Å². The van der Waals surface area contributed by atoms with E-state index in [1.165, 1.54) is 6.33 Å². The Hall–Kier alpha value is -3.17. The first-order valence-corrected chi connectivity index (χ1v) is 17.0. The zero-order valence-electron chi connectivity index (χ0n) is 27.0. The molecule has 1 atom stereocenters. The number of halogens is 2. The summed E-state index contributed by atoms with van der Waals surface area (Å²) in [6.45, 7) is 11.1. The molecule has 242 valence electrons. The second-order valence-corrected chi connectivity index (χ2v) is 13.6.